The molecule has 6 heteroatoms. The number of carbonyl (C=O) groups excluding carboxylic acids is 1. The smallest absolute Gasteiger partial charge is 0.231 e. The van der Waals surface area contributed by atoms with Gasteiger partial charge in [0.05, 0.1) is 5.92 Å². The van der Waals surface area contributed by atoms with E-state index in [-0.39, 0.29) is 11.8 Å². The molecule has 0 saturated carbocycles. The summed E-state index contributed by atoms with van der Waals surface area (Å²) in [5, 5.41) is 4.72. The molecule has 128 valence electrons. The van der Waals surface area contributed by atoms with E-state index in [0.717, 1.165) is 37.8 Å². The second-order valence-electron chi connectivity index (χ2n) is 6.25. The van der Waals surface area contributed by atoms with Crippen molar-refractivity contribution in [3.8, 4) is 11.4 Å². The first-order valence-electron chi connectivity index (χ1n) is 8.54. The zero-order valence-electron chi connectivity index (χ0n) is 13.9. The minimum atomic E-state index is 0.116. The normalized spacial score (nSPS) is 17.9. The van der Waals surface area contributed by atoms with Gasteiger partial charge in [0.25, 0.3) is 0 Å². The van der Waals surface area contributed by atoms with Crippen LogP contribution >= 0.6 is 11.6 Å². The fourth-order valence-corrected chi connectivity index (χ4v) is 3.23. The Morgan fingerprint density at radius 3 is 3.12 bits per heavy atom. The Labute approximate surface area is 147 Å². The van der Waals surface area contributed by atoms with Gasteiger partial charge in [-0.1, -0.05) is 42.2 Å². The number of carbonyl (C=O) groups is 1. The van der Waals surface area contributed by atoms with Crippen LogP contribution in [0, 0.1) is 0 Å². The van der Waals surface area contributed by atoms with Gasteiger partial charge in [0.15, 0.2) is 0 Å². The average Bonchev–Trinajstić information content (AvgIpc) is 3.10. The highest BCUT2D eigenvalue weighted by atomic mass is 35.5. The van der Waals surface area contributed by atoms with Crippen LogP contribution in [0.2, 0.25) is 5.02 Å². The van der Waals surface area contributed by atoms with Crippen LogP contribution in [0.1, 0.15) is 50.8 Å². The van der Waals surface area contributed by atoms with Crippen LogP contribution in [0.4, 0.5) is 0 Å². The number of rotatable bonds is 5. The first-order chi connectivity index (χ1) is 11.7. The SMILES string of the molecule is CCCCC(=O)N1CCCC(c2nc(-c3cccc(Cl)c3)no2)C1. The Balaban J connectivity index is 1.69. The maximum atomic E-state index is 12.2. The quantitative estimate of drug-likeness (QED) is 0.809. The van der Waals surface area contributed by atoms with Gasteiger partial charge < -0.3 is 9.42 Å². The van der Waals surface area contributed by atoms with Crippen LogP contribution in [0.15, 0.2) is 28.8 Å². The standard InChI is InChI=1S/C18H22ClN3O2/c1-2-3-9-16(23)22-10-5-7-14(12-22)18-20-17(21-24-18)13-6-4-8-15(19)11-13/h4,6,8,11,14H,2-3,5,7,9-10,12H2,1H3. The van der Waals surface area contributed by atoms with Gasteiger partial charge in [-0.05, 0) is 31.4 Å². The van der Waals surface area contributed by atoms with E-state index in [1.165, 1.54) is 0 Å². The Hall–Kier alpha value is -1.88. The van der Waals surface area contributed by atoms with E-state index >= 15 is 0 Å². The summed E-state index contributed by atoms with van der Waals surface area (Å²) < 4.78 is 5.47. The molecule has 24 heavy (non-hydrogen) atoms. The van der Waals surface area contributed by atoms with Crippen molar-refractivity contribution in [2.45, 2.75) is 44.9 Å². The number of hydrogen-bond donors (Lipinski definition) is 0. The van der Waals surface area contributed by atoms with E-state index in [0.29, 0.717) is 29.7 Å². The van der Waals surface area contributed by atoms with E-state index in [4.69, 9.17) is 16.1 Å². The molecule has 2 aromatic rings. The lowest BCUT2D eigenvalue weighted by Gasteiger charge is -2.31. The minimum Gasteiger partial charge on any atom is -0.342 e. The van der Waals surface area contributed by atoms with Gasteiger partial charge in [0.1, 0.15) is 0 Å². The third-order valence-electron chi connectivity index (χ3n) is 4.39. The lowest BCUT2D eigenvalue weighted by molar-refractivity contribution is -0.132. The number of aromatic nitrogens is 2. The topological polar surface area (TPSA) is 59.2 Å². The molecule has 1 saturated heterocycles. The van der Waals surface area contributed by atoms with Crippen LogP contribution in [0.3, 0.4) is 0 Å². The zero-order valence-corrected chi connectivity index (χ0v) is 14.6. The minimum absolute atomic E-state index is 0.116. The molecule has 1 aliphatic rings. The molecular weight excluding hydrogens is 326 g/mol. The van der Waals surface area contributed by atoms with Crippen molar-refractivity contribution in [1.82, 2.24) is 15.0 Å². The van der Waals surface area contributed by atoms with Crippen molar-refractivity contribution in [1.29, 1.82) is 0 Å². The highest BCUT2D eigenvalue weighted by molar-refractivity contribution is 6.30. The second kappa shape index (κ2) is 7.79. The van der Waals surface area contributed by atoms with Gasteiger partial charge in [0, 0.05) is 30.1 Å². The number of piperidine rings is 1. The number of hydrogen-bond acceptors (Lipinski definition) is 4. The molecule has 0 radical (unpaired) electrons. The summed E-state index contributed by atoms with van der Waals surface area (Å²) in [6.45, 7) is 3.59. The van der Waals surface area contributed by atoms with Gasteiger partial charge in [-0.3, -0.25) is 4.79 Å². The summed E-state index contributed by atoms with van der Waals surface area (Å²) in [5.41, 5.74) is 0.837. The molecule has 1 aromatic carbocycles. The summed E-state index contributed by atoms with van der Waals surface area (Å²) in [5.74, 6) is 1.50. The highest BCUT2D eigenvalue weighted by Crippen LogP contribution is 2.28. The monoisotopic (exact) mass is 347 g/mol. The summed E-state index contributed by atoms with van der Waals surface area (Å²) in [6.07, 6.45) is 4.54. The lowest BCUT2D eigenvalue weighted by Crippen LogP contribution is -2.39. The zero-order chi connectivity index (χ0) is 16.9. The third-order valence-corrected chi connectivity index (χ3v) is 4.63. The van der Waals surface area contributed by atoms with Crippen LogP contribution in [-0.4, -0.2) is 34.0 Å². The molecule has 1 aromatic heterocycles. The summed E-state index contributed by atoms with van der Waals surface area (Å²) >= 11 is 6.02. The van der Waals surface area contributed by atoms with E-state index in [1.807, 2.05) is 29.2 Å². The fraction of sp³-hybridized carbons (Fsp3) is 0.500. The molecule has 1 fully saturated rings. The first-order valence-corrected chi connectivity index (χ1v) is 8.92. The van der Waals surface area contributed by atoms with Gasteiger partial charge >= 0.3 is 0 Å². The summed E-state index contributed by atoms with van der Waals surface area (Å²) in [6, 6.07) is 7.40. The predicted molar refractivity (Wildman–Crippen MR) is 92.8 cm³/mol. The van der Waals surface area contributed by atoms with E-state index in [9.17, 15) is 4.79 Å². The van der Waals surface area contributed by atoms with Crippen LogP contribution < -0.4 is 0 Å². The Morgan fingerprint density at radius 2 is 2.33 bits per heavy atom. The maximum Gasteiger partial charge on any atom is 0.231 e. The van der Waals surface area contributed by atoms with E-state index in [2.05, 4.69) is 17.1 Å². The maximum absolute atomic E-state index is 12.2. The number of unbranched alkanes of at least 4 members (excludes halogenated alkanes) is 1. The predicted octanol–water partition coefficient (Wildman–Crippen LogP) is 4.29. The van der Waals surface area contributed by atoms with Crippen molar-refractivity contribution in [2.24, 2.45) is 0 Å². The van der Waals surface area contributed by atoms with Crippen LogP contribution in [0.5, 0.6) is 0 Å². The van der Waals surface area contributed by atoms with Crippen LogP contribution in [-0.2, 0) is 4.79 Å². The lowest BCUT2D eigenvalue weighted by atomic mass is 9.97. The Kier molecular flexibility index (Phi) is 5.51. The van der Waals surface area contributed by atoms with Crippen molar-refractivity contribution >= 4 is 17.5 Å². The van der Waals surface area contributed by atoms with Crippen molar-refractivity contribution in [3.05, 3.63) is 35.2 Å². The van der Waals surface area contributed by atoms with Crippen LogP contribution in [0.25, 0.3) is 11.4 Å². The number of halogens is 1. The molecule has 5 nitrogen and oxygen atoms in total. The number of amides is 1. The summed E-state index contributed by atoms with van der Waals surface area (Å²) in [7, 11) is 0. The third kappa shape index (κ3) is 3.96. The number of nitrogens with zero attached hydrogens (tertiary/aromatic N) is 3. The number of likely N-dealkylation sites (tertiary alicyclic amines) is 1. The molecule has 0 bridgehead atoms. The molecule has 1 atom stereocenters. The van der Waals surface area contributed by atoms with Gasteiger partial charge in [-0.2, -0.15) is 4.98 Å². The van der Waals surface area contributed by atoms with Gasteiger partial charge in [0.2, 0.25) is 17.6 Å². The van der Waals surface area contributed by atoms with Crippen molar-refractivity contribution in [2.75, 3.05) is 13.1 Å². The molecule has 1 aliphatic heterocycles. The first kappa shape index (κ1) is 17.0. The Bertz CT molecular complexity index is 701. The Morgan fingerprint density at radius 1 is 1.46 bits per heavy atom. The molecule has 2 heterocycles. The van der Waals surface area contributed by atoms with Crippen molar-refractivity contribution in [3.63, 3.8) is 0 Å². The molecule has 1 unspecified atom stereocenters. The van der Waals surface area contributed by atoms with Gasteiger partial charge in [-0.25, -0.2) is 0 Å². The second-order valence-corrected chi connectivity index (χ2v) is 6.69. The highest BCUT2D eigenvalue weighted by Gasteiger charge is 2.28. The molecule has 3 rings (SSSR count). The fourth-order valence-electron chi connectivity index (χ4n) is 3.04. The molecule has 0 N–H and O–H groups in total. The molecule has 1 amide bonds. The average molecular weight is 348 g/mol. The van der Waals surface area contributed by atoms with E-state index in [1.54, 1.807) is 0 Å². The largest absolute Gasteiger partial charge is 0.342 e. The molecule has 0 spiro atoms. The summed E-state index contributed by atoms with van der Waals surface area (Å²) in [4.78, 5) is 18.7. The van der Waals surface area contributed by atoms with E-state index < -0.39 is 0 Å². The number of benzene rings is 1. The van der Waals surface area contributed by atoms with Crippen molar-refractivity contribution < 1.29 is 9.32 Å². The van der Waals surface area contributed by atoms with Gasteiger partial charge in [-0.15, -0.1) is 0 Å². The molecular formula is C18H22ClN3O2. The molecule has 0 aliphatic carbocycles.